The second-order valence-electron chi connectivity index (χ2n) is 6.08. The molecular weight excluding hydrogens is 328 g/mol. The standard InChI is InChI=1S/C18H16O7/c1-22-11-5-8(6-12(23-2)16(11)20)13-9-3-4-24-17(9)15(19)10-7-25-18(21)14(10)13/h3-6,10,13-14,20H,7H2,1-2H3/t10-,13-,14-/m1/s1. The molecule has 0 spiro atoms. The molecular formula is C18H16O7. The van der Waals surface area contributed by atoms with Gasteiger partial charge in [0, 0.05) is 11.5 Å². The van der Waals surface area contributed by atoms with Crippen LogP contribution in [0.1, 0.15) is 27.6 Å². The van der Waals surface area contributed by atoms with Crippen LogP contribution < -0.4 is 9.47 Å². The fourth-order valence-electron chi connectivity index (χ4n) is 3.75. The van der Waals surface area contributed by atoms with Crippen molar-refractivity contribution in [3.8, 4) is 17.2 Å². The lowest BCUT2D eigenvalue weighted by molar-refractivity contribution is -0.141. The van der Waals surface area contributed by atoms with Crippen molar-refractivity contribution in [3.05, 3.63) is 41.3 Å². The molecule has 0 saturated carbocycles. The van der Waals surface area contributed by atoms with E-state index in [9.17, 15) is 14.7 Å². The third-order valence-corrected chi connectivity index (χ3v) is 4.92. The first kappa shape index (κ1) is 15.6. The van der Waals surface area contributed by atoms with Crippen LogP contribution >= 0.6 is 0 Å². The van der Waals surface area contributed by atoms with E-state index in [1.54, 1.807) is 18.2 Å². The first-order chi connectivity index (χ1) is 12.1. The van der Waals surface area contributed by atoms with Gasteiger partial charge >= 0.3 is 5.97 Å². The maximum absolute atomic E-state index is 12.6. The molecule has 1 aliphatic carbocycles. The van der Waals surface area contributed by atoms with Crippen LogP contribution in [-0.4, -0.2) is 37.7 Å². The van der Waals surface area contributed by atoms with E-state index < -0.39 is 23.7 Å². The zero-order chi connectivity index (χ0) is 17.7. The Kier molecular flexibility index (Phi) is 3.45. The maximum atomic E-state index is 12.6. The minimum absolute atomic E-state index is 0.0470. The highest BCUT2D eigenvalue weighted by Gasteiger charge is 2.53. The second-order valence-corrected chi connectivity index (χ2v) is 6.08. The Morgan fingerprint density at radius 3 is 2.48 bits per heavy atom. The third kappa shape index (κ3) is 2.12. The molecule has 0 unspecified atom stereocenters. The summed E-state index contributed by atoms with van der Waals surface area (Å²) >= 11 is 0. The molecule has 1 fully saturated rings. The number of cyclic esters (lactones) is 1. The number of hydrogen-bond acceptors (Lipinski definition) is 7. The number of carbonyl (C=O) groups excluding carboxylic acids is 2. The zero-order valence-corrected chi connectivity index (χ0v) is 13.6. The minimum atomic E-state index is -0.642. The van der Waals surface area contributed by atoms with Gasteiger partial charge in [0.05, 0.1) is 32.3 Å². The van der Waals surface area contributed by atoms with Crippen LogP contribution in [0.2, 0.25) is 0 Å². The summed E-state index contributed by atoms with van der Waals surface area (Å²) < 4.78 is 20.9. The summed E-state index contributed by atoms with van der Waals surface area (Å²) in [7, 11) is 2.86. The molecule has 4 rings (SSSR count). The number of Topliss-reactive ketones (excluding diaryl/α,β-unsaturated/α-hetero) is 1. The van der Waals surface area contributed by atoms with E-state index in [0.717, 1.165) is 0 Å². The number of ether oxygens (including phenoxy) is 3. The molecule has 0 amide bonds. The van der Waals surface area contributed by atoms with E-state index in [-0.39, 0.29) is 35.4 Å². The first-order valence-corrected chi connectivity index (χ1v) is 7.80. The monoisotopic (exact) mass is 344 g/mol. The summed E-state index contributed by atoms with van der Waals surface area (Å²) in [5.74, 6) is -1.74. The van der Waals surface area contributed by atoms with Crippen molar-refractivity contribution in [2.45, 2.75) is 5.92 Å². The lowest BCUT2D eigenvalue weighted by Gasteiger charge is -2.29. The van der Waals surface area contributed by atoms with Gasteiger partial charge in [-0.1, -0.05) is 0 Å². The first-order valence-electron chi connectivity index (χ1n) is 7.80. The van der Waals surface area contributed by atoms with E-state index >= 15 is 0 Å². The third-order valence-electron chi connectivity index (χ3n) is 4.92. The van der Waals surface area contributed by atoms with Crippen molar-refractivity contribution >= 4 is 11.8 Å². The SMILES string of the molecule is COc1cc([C@@H]2c3ccoc3C(=O)[C@@H]3COC(=O)[C@@H]23)cc(OC)c1O. The van der Waals surface area contributed by atoms with Gasteiger partial charge in [0.2, 0.25) is 11.5 Å². The number of methoxy groups -OCH3 is 2. The molecule has 1 aliphatic heterocycles. The Morgan fingerprint density at radius 1 is 1.16 bits per heavy atom. The number of ketones is 1. The fourth-order valence-corrected chi connectivity index (χ4v) is 3.75. The Labute approximate surface area is 143 Å². The summed E-state index contributed by atoms with van der Waals surface area (Å²) in [5.41, 5.74) is 1.30. The van der Waals surface area contributed by atoms with E-state index in [2.05, 4.69) is 0 Å². The summed E-state index contributed by atoms with van der Waals surface area (Å²) in [6.07, 6.45) is 1.44. The Bertz CT molecular complexity index is 841. The van der Waals surface area contributed by atoms with Crippen LogP contribution in [0.4, 0.5) is 0 Å². The molecule has 0 bridgehead atoms. The Morgan fingerprint density at radius 2 is 1.84 bits per heavy atom. The van der Waals surface area contributed by atoms with Crippen molar-refractivity contribution in [1.82, 2.24) is 0 Å². The van der Waals surface area contributed by atoms with Crippen molar-refractivity contribution < 1.29 is 33.3 Å². The summed E-state index contributed by atoms with van der Waals surface area (Å²) in [4.78, 5) is 24.9. The smallest absolute Gasteiger partial charge is 0.310 e. The van der Waals surface area contributed by atoms with Gasteiger partial charge in [-0.3, -0.25) is 9.59 Å². The lowest BCUT2D eigenvalue weighted by atomic mass is 9.69. The number of furan rings is 1. The number of hydrogen-bond donors (Lipinski definition) is 1. The van der Waals surface area contributed by atoms with Crippen molar-refractivity contribution in [3.63, 3.8) is 0 Å². The van der Waals surface area contributed by atoms with Gasteiger partial charge in [-0.2, -0.15) is 0 Å². The second kappa shape index (κ2) is 5.54. The highest BCUT2D eigenvalue weighted by molar-refractivity contribution is 6.03. The van der Waals surface area contributed by atoms with Crippen LogP contribution in [0, 0.1) is 11.8 Å². The quantitative estimate of drug-likeness (QED) is 0.852. The molecule has 2 aliphatic rings. The van der Waals surface area contributed by atoms with Crippen LogP contribution in [0.25, 0.3) is 0 Å². The van der Waals surface area contributed by atoms with Crippen LogP contribution in [-0.2, 0) is 9.53 Å². The van der Waals surface area contributed by atoms with Gasteiger partial charge in [0.1, 0.15) is 6.61 Å². The highest BCUT2D eigenvalue weighted by atomic mass is 16.5. The number of aromatic hydroxyl groups is 1. The zero-order valence-electron chi connectivity index (χ0n) is 13.6. The van der Waals surface area contributed by atoms with Gasteiger partial charge in [0.15, 0.2) is 17.3 Å². The molecule has 1 aromatic carbocycles. The van der Waals surface area contributed by atoms with Crippen molar-refractivity contribution in [2.24, 2.45) is 11.8 Å². The minimum Gasteiger partial charge on any atom is -0.502 e. The molecule has 2 aromatic rings. The number of fused-ring (bicyclic) bond motifs is 2. The number of benzene rings is 1. The highest BCUT2D eigenvalue weighted by Crippen LogP contribution is 2.50. The van der Waals surface area contributed by atoms with Gasteiger partial charge in [-0.15, -0.1) is 0 Å². The number of carbonyl (C=O) groups is 2. The Balaban J connectivity index is 1.93. The lowest BCUT2D eigenvalue weighted by Crippen LogP contribution is -2.35. The summed E-state index contributed by atoms with van der Waals surface area (Å²) in [6, 6.07) is 4.96. The molecule has 25 heavy (non-hydrogen) atoms. The van der Waals surface area contributed by atoms with E-state index in [4.69, 9.17) is 18.6 Å². The molecule has 7 nitrogen and oxygen atoms in total. The molecule has 1 saturated heterocycles. The average Bonchev–Trinajstić information content (AvgIpc) is 3.24. The van der Waals surface area contributed by atoms with E-state index in [1.165, 1.54) is 20.5 Å². The number of phenolic OH excluding ortho intramolecular Hbond substituents is 1. The maximum Gasteiger partial charge on any atom is 0.310 e. The van der Waals surface area contributed by atoms with Crippen molar-refractivity contribution in [1.29, 1.82) is 0 Å². The topological polar surface area (TPSA) is 95.2 Å². The van der Waals surface area contributed by atoms with E-state index in [1.807, 2.05) is 0 Å². The van der Waals surface area contributed by atoms with Gasteiger partial charge < -0.3 is 23.7 Å². The predicted octanol–water partition coefficient (Wildman–Crippen LogP) is 2.12. The largest absolute Gasteiger partial charge is 0.502 e. The summed E-state index contributed by atoms with van der Waals surface area (Å²) in [5, 5.41) is 10.1. The van der Waals surface area contributed by atoms with Gasteiger partial charge in [-0.05, 0) is 23.8 Å². The average molecular weight is 344 g/mol. The molecule has 3 atom stereocenters. The van der Waals surface area contributed by atoms with Gasteiger partial charge in [-0.25, -0.2) is 0 Å². The molecule has 2 heterocycles. The van der Waals surface area contributed by atoms with Crippen LogP contribution in [0.15, 0.2) is 28.9 Å². The number of phenols is 1. The van der Waals surface area contributed by atoms with Crippen LogP contribution in [0.5, 0.6) is 17.2 Å². The molecule has 1 N–H and O–H groups in total. The number of rotatable bonds is 3. The van der Waals surface area contributed by atoms with Gasteiger partial charge in [0.25, 0.3) is 0 Å². The van der Waals surface area contributed by atoms with Crippen LogP contribution in [0.3, 0.4) is 0 Å². The van der Waals surface area contributed by atoms with E-state index in [0.29, 0.717) is 11.1 Å². The molecule has 0 radical (unpaired) electrons. The fraction of sp³-hybridized carbons (Fsp3) is 0.333. The molecule has 130 valence electrons. The summed E-state index contributed by atoms with van der Waals surface area (Å²) in [6.45, 7) is 0.0470. The molecule has 1 aromatic heterocycles. The normalized spacial score (nSPS) is 24.5. The predicted molar refractivity (Wildman–Crippen MR) is 84.0 cm³/mol. The van der Waals surface area contributed by atoms with Crippen molar-refractivity contribution in [2.75, 3.05) is 20.8 Å². The Hall–Kier alpha value is -2.96. The molecule has 7 heteroatoms. The number of esters is 1.